The zero-order valence-electron chi connectivity index (χ0n) is 10.7. The molecule has 1 atom stereocenters. The van der Waals surface area contributed by atoms with E-state index in [1.165, 1.54) is 17.2 Å². The highest BCUT2D eigenvalue weighted by Gasteiger charge is 2.23. The highest BCUT2D eigenvalue weighted by Crippen LogP contribution is 2.35. The molecule has 1 unspecified atom stereocenters. The van der Waals surface area contributed by atoms with Crippen molar-refractivity contribution in [1.82, 2.24) is 0 Å². The molecule has 0 fully saturated rings. The van der Waals surface area contributed by atoms with E-state index >= 15 is 0 Å². The second kappa shape index (κ2) is 5.26. The molecule has 0 aliphatic heterocycles. The van der Waals surface area contributed by atoms with Crippen molar-refractivity contribution in [2.24, 2.45) is 0 Å². The second-order valence-electron chi connectivity index (χ2n) is 4.89. The molecule has 0 bridgehead atoms. The summed E-state index contributed by atoms with van der Waals surface area (Å²) in [4.78, 5) is 0. The van der Waals surface area contributed by atoms with Crippen LogP contribution in [-0.4, -0.2) is 0 Å². The molecule has 1 aliphatic rings. The van der Waals surface area contributed by atoms with E-state index in [4.69, 9.17) is 5.26 Å². The lowest BCUT2D eigenvalue weighted by atomic mass is 10.1. The largest absolute Gasteiger partial charge is 0.376 e. The fourth-order valence-electron chi connectivity index (χ4n) is 2.63. The molecule has 0 spiro atoms. The minimum absolute atomic E-state index is 0.125. The molecule has 3 rings (SSSR count). The molecule has 2 aromatic carbocycles. The minimum atomic E-state index is -0.380. The number of benzene rings is 2. The summed E-state index contributed by atoms with van der Waals surface area (Å²) < 4.78 is 15.0. The molecule has 1 aliphatic carbocycles. The van der Waals surface area contributed by atoms with Gasteiger partial charge in [0.15, 0.2) is 0 Å². The number of fused-ring (bicyclic) bond motifs is 1. The van der Waals surface area contributed by atoms with E-state index in [0.29, 0.717) is 11.3 Å². The number of nitrogens with zero attached hydrogens (tertiary/aromatic N) is 1. The molecule has 0 amide bonds. The van der Waals surface area contributed by atoms with Crippen LogP contribution in [0.25, 0.3) is 0 Å². The smallest absolute Gasteiger partial charge is 0.147 e. The number of anilines is 1. The van der Waals surface area contributed by atoms with Crippen LogP contribution in [0.15, 0.2) is 40.9 Å². The van der Waals surface area contributed by atoms with Crippen LogP contribution in [0.4, 0.5) is 10.1 Å². The highest BCUT2D eigenvalue weighted by molar-refractivity contribution is 9.10. The van der Waals surface area contributed by atoms with Gasteiger partial charge in [0.2, 0.25) is 0 Å². The quantitative estimate of drug-likeness (QED) is 0.876. The molecule has 4 heteroatoms. The zero-order valence-corrected chi connectivity index (χ0v) is 12.2. The predicted molar refractivity (Wildman–Crippen MR) is 79.9 cm³/mol. The maximum atomic E-state index is 13.9. The zero-order chi connectivity index (χ0) is 14.1. The van der Waals surface area contributed by atoms with Crippen LogP contribution in [-0.2, 0) is 6.42 Å². The van der Waals surface area contributed by atoms with Crippen molar-refractivity contribution in [2.75, 3.05) is 5.32 Å². The maximum absolute atomic E-state index is 13.9. The van der Waals surface area contributed by atoms with E-state index in [0.717, 1.165) is 17.3 Å². The Balaban J connectivity index is 1.86. The van der Waals surface area contributed by atoms with Gasteiger partial charge in [-0.05, 0) is 54.3 Å². The lowest BCUT2D eigenvalue weighted by Crippen LogP contribution is -2.08. The van der Waals surface area contributed by atoms with Crippen LogP contribution >= 0.6 is 15.9 Å². The van der Waals surface area contributed by atoms with E-state index < -0.39 is 0 Å². The van der Waals surface area contributed by atoms with Gasteiger partial charge < -0.3 is 5.32 Å². The molecule has 0 heterocycles. The van der Waals surface area contributed by atoms with Crippen molar-refractivity contribution in [3.63, 3.8) is 0 Å². The number of rotatable bonds is 2. The minimum Gasteiger partial charge on any atom is -0.376 e. The van der Waals surface area contributed by atoms with Gasteiger partial charge in [0.1, 0.15) is 5.82 Å². The Bertz CT molecular complexity index is 706. The molecule has 1 N–H and O–H groups in total. The summed E-state index contributed by atoms with van der Waals surface area (Å²) in [6.07, 6.45) is 1.94. The van der Waals surface area contributed by atoms with Gasteiger partial charge in [-0.3, -0.25) is 0 Å². The van der Waals surface area contributed by atoms with Gasteiger partial charge in [0, 0.05) is 4.47 Å². The monoisotopic (exact) mass is 330 g/mol. The number of halogens is 2. The SMILES string of the molecule is N#Cc1ccc(NC2CCc3cc(Br)ccc32)c(F)c1. The number of hydrogen-bond acceptors (Lipinski definition) is 2. The Kier molecular flexibility index (Phi) is 3.45. The average Bonchev–Trinajstić information content (AvgIpc) is 2.83. The van der Waals surface area contributed by atoms with Gasteiger partial charge in [-0.2, -0.15) is 5.26 Å². The van der Waals surface area contributed by atoms with Crippen molar-refractivity contribution in [1.29, 1.82) is 5.26 Å². The maximum Gasteiger partial charge on any atom is 0.147 e. The summed E-state index contributed by atoms with van der Waals surface area (Å²) in [5.41, 5.74) is 3.30. The molecule has 0 saturated carbocycles. The van der Waals surface area contributed by atoms with Gasteiger partial charge in [0.25, 0.3) is 0 Å². The molecule has 0 saturated heterocycles. The summed E-state index contributed by atoms with van der Waals surface area (Å²) in [6.45, 7) is 0. The molecule has 0 aromatic heterocycles. The molecule has 20 heavy (non-hydrogen) atoms. The van der Waals surface area contributed by atoms with E-state index in [-0.39, 0.29) is 11.9 Å². The normalized spacial score (nSPS) is 16.6. The topological polar surface area (TPSA) is 35.8 Å². The Morgan fingerprint density at radius 2 is 2.10 bits per heavy atom. The summed E-state index contributed by atoms with van der Waals surface area (Å²) in [6, 6.07) is 12.8. The van der Waals surface area contributed by atoms with Gasteiger partial charge in [-0.15, -0.1) is 0 Å². The molecule has 0 radical (unpaired) electrons. The second-order valence-corrected chi connectivity index (χ2v) is 5.80. The summed E-state index contributed by atoms with van der Waals surface area (Å²) in [7, 11) is 0. The third-order valence-electron chi connectivity index (χ3n) is 3.61. The Morgan fingerprint density at radius 3 is 2.85 bits per heavy atom. The highest BCUT2D eigenvalue weighted by atomic mass is 79.9. The fourth-order valence-corrected chi connectivity index (χ4v) is 3.03. The predicted octanol–water partition coefficient (Wildman–Crippen LogP) is 4.56. The first-order valence-corrected chi connectivity index (χ1v) is 7.21. The number of nitriles is 1. The van der Waals surface area contributed by atoms with Crippen molar-refractivity contribution in [2.45, 2.75) is 18.9 Å². The van der Waals surface area contributed by atoms with Gasteiger partial charge >= 0.3 is 0 Å². The van der Waals surface area contributed by atoms with Crippen LogP contribution in [0, 0.1) is 17.1 Å². The number of nitrogens with one attached hydrogen (secondary N) is 1. The van der Waals surface area contributed by atoms with Gasteiger partial charge in [-0.1, -0.05) is 22.0 Å². The molecule has 2 aromatic rings. The van der Waals surface area contributed by atoms with Crippen LogP contribution in [0.3, 0.4) is 0 Å². The Morgan fingerprint density at radius 1 is 1.25 bits per heavy atom. The van der Waals surface area contributed by atoms with E-state index in [2.05, 4.69) is 33.4 Å². The van der Waals surface area contributed by atoms with E-state index in [1.807, 2.05) is 12.1 Å². The third-order valence-corrected chi connectivity index (χ3v) is 4.10. The van der Waals surface area contributed by atoms with Crippen LogP contribution in [0.2, 0.25) is 0 Å². The third kappa shape index (κ3) is 2.41. The number of hydrogen-bond donors (Lipinski definition) is 1. The summed E-state index contributed by atoms with van der Waals surface area (Å²) in [5.74, 6) is -0.380. The van der Waals surface area contributed by atoms with Crippen molar-refractivity contribution in [3.05, 3.63) is 63.4 Å². The Hall–Kier alpha value is -1.86. The first-order valence-electron chi connectivity index (χ1n) is 6.42. The lowest BCUT2D eigenvalue weighted by Gasteiger charge is -2.16. The molecular formula is C16H12BrFN2. The first kappa shape index (κ1) is 13.1. The van der Waals surface area contributed by atoms with E-state index in [1.54, 1.807) is 12.1 Å². The van der Waals surface area contributed by atoms with Crippen molar-refractivity contribution >= 4 is 21.6 Å². The van der Waals surface area contributed by atoms with Gasteiger partial charge in [0.05, 0.1) is 23.4 Å². The fraction of sp³-hybridized carbons (Fsp3) is 0.188. The molecule has 100 valence electrons. The Labute approximate surface area is 125 Å². The van der Waals surface area contributed by atoms with Gasteiger partial charge in [-0.25, -0.2) is 4.39 Å². The van der Waals surface area contributed by atoms with Crippen molar-refractivity contribution in [3.8, 4) is 6.07 Å². The standard InChI is InChI=1S/C16H12BrFN2/c17-12-3-4-13-11(8-12)2-6-15(13)20-16-5-1-10(9-19)7-14(16)18/h1,3-5,7-8,15,20H,2,6H2. The average molecular weight is 331 g/mol. The summed E-state index contributed by atoms with van der Waals surface area (Å²) in [5, 5.41) is 12.0. The van der Waals surface area contributed by atoms with Crippen LogP contribution in [0.5, 0.6) is 0 Å². The summed E-state index contributed by atoms with van der Waals surface area (Å²) >= 11 is 3.47. The van der Waals surface area contributed by atoms with E-state index in [9.17, 15) is 4.39 Å². The van der Waals surface area contributed by atoms with Crippen molar-refractivity contribution < 1.29 is 4.39 Å². The van der Waals surface area contributed by atoms with Crippen LogP contribution < -0.4 is 5.32 Å². The van der Waals surface area contributed by atoms with Crippen LogP contribution in [0.1, 0.15) is 29.2 Å². The molecule has 2 nitrogen and oxygen atoms in total. The number of aryl methyl sites for hydroxylation is 1. The lowest BCUT2D eigenvalue weighted by molar-refractivity contribution is 0.624. The molecular weight excluding hydrogens is 319 g/mol. The first-order chi connectivity index (χ1) is 9.67.